The van der Waals surface area contributed by atoms with E-state index in [-0.39, 0.29) is 0 Å². The third kappa shape index (κ3) is 2.96. The molecule has 0 aliphatic carbocycles. The van der Waals surface area contributed by atoms with Crippen molar-refractivity contribution in [1.29, 1.82) is 0 Å². The molecular weight excluding hydrogens is 198 g/mol. The van der Waals surface area contributed by atoms with Gasteiger partial charge in [0.05, 0.1) is 0 Å². The van der Waals surface area contributed by atoms with E-state index in [0.29, 0.717) is 11.6 Å². The summed E-state index contributed by atoms with van der Waals surface area (Å²) in [6, 6.07) is 0.458. The Bertz CT molecular complexity index is 219. The molecule has 2 saturated heterocycles. The summed E-state index contributed by atoms with van der Waals surface area (Å²) in [6.45, 7) is 10.9. The van der Waals surface area contributed by atoms with Gasteiger partial charge in [-0.2, -0.15) is 0 Å². The van der Waals surface area contributed by atoms with E-state index in [0.717, 1.165) is 0 Å². The molecule has 2 N–H and O–H groups in total. The van der Waals surface area contributed by atoms with Crippen molar-refractivity contribution < 1.29 is 0 Å². The Morgan fingerprint density at radius 3 is 2.38 bits per heavy atom. The molecule has 3 nitrogen and oxygen atoms in total. The molecule has 2 fully saturated rings. The minimum absolute atomic E-state index is 0.437. The van der Waals surface area contributed by atoms with Crippen LogP contribution in [0.2, 0.25) is 0 Å². The lowest BCUT2D eigenvalue weighted by molar-refractivity contribution is 0.132. The molecule has 2 aliphatic heterocycles. The molecule has 2 rings (SSSR count). The number of hydrogen-bond acceptors (Lipinski definition) is 3. The predicted octanol–water partition coefficient (Wildman–Crippen LogP) is 1.28. The van der Waals surface area contributed by atoms with Crippen molar-refractivity contribution in [3.05, 3.63) is 0 Å². The number of nitrogens with two attached hydrogens (primary N) is 1. The van der Waals surface area contributed by atoms with Gasteiger partial charge in [-0.15, -0.1) is 0 Å². The molecule has 94 valence electrons. The highest BCUT2D eigenvalue weighted by Gasteiger charge is 2.31. The quantitative estimate of drug-likeness (QED) is 0.785. The molecule has 0 bridgehead atoms. The average Bonchev–Trinajstić information content (AvgIpc) is 2.57. The minimum Gasteiger partial charge on any atom is -0.328 e. The maximum atomic E-state index is 5.92. The van der Waals surface area contributed by atoms with Crippen LogP contribution in [0.4, 0.5) is 0 Å². The molecular formula is C13H27N3. The van der Waals surface area contributed by atoms with Crippen LogP contribution in [0.3, 0.4) is 0 Å². The lowest BCUT2D eigenvalue weighted by Gasteiger charge is -2.35. The third-order valence-electron chi connectivity index (χ3n) is 4.39. The molecule has 0 saturated carbocycles. The zero-order valence-electron chi connectivity index (χ0n) is 10.9. The van der Waals surface area contributed by atoms with Gasteiger partial charge >= 0.3 is 0 Å². The van der Waals surface area contributed by atoms with E-state index in [1.165, 1.54) is 58.4 Å². The van der Waals surface area contributed by atoms with Gasteiger partial charge in [-0.1, -0.05) is 0 Å². The van der Waals surface area contributed by atoms with Gasteiger partial charge in [-0.05, 0) is 59.2 Å². The molecule has 0 aromatic rings. The molecule has 0 spiro atoms. The molecule has 2 aliphatic rings. The van der Waals surface area contributed by atoms with Crippen molar-refractivity contribution in [2.75, 3.05) is 32.7 Å². The van der Waals surface area contributed by atoms with Crippen molar-refractivity contribution in [1.82, 2.24) is 9.80 Å². The highest BCUT2D eigenvalue weighted by atomic mass is 15.2. The molecule has 3 heteroatoms. The summed E-state index contributed by atoms with van der Waals surface area (Å²) in [6.07, 6.45) is 5.10. The van der Waals surface area contributed by atoms with Crippen LogP contribution in [0.1, 0.15) is 39.5 Å². The van der Waals surface area contributed by atoms with E-state index in [1.54, 1.807) is 0 Å². The molecule has 0 unspecified atom stereocenters. The summed E-state index contributed by atoms with van der Waals surface area (Å²) in [5.41, 5.74) is 6.36. The van der Waals surface area contributed by atoms with Crippen molar-refractivity contribution in [2.24, 2.45) is 5.73 Å². The predicted molar refractivity (Wildman–Crippen MR) is 68.5 cm³/mol. The molecule has 0 aromatic heterocycles. The smallest absolute Gasteiger partial charge is 0.0154 e. The van der Waals surface area contributed by atoms with Gasteiger partial charge < -0.3 is 10.6 Å². The largest absolute Gasteiger partial charge is 0.328 e. The number of likely N-dealkylation sites (tertiary alicyclic amines) is 2. The second kappa shape index (κ2) is 5.03. The Hall–Kier alpha value is -0.120. The monoisotopic (exact) mass is 225 g/mol. The molecule has 2 heterocycles. The van der Waals surface area contributed by atoms with Gasteiger partial charge in [0.15, 0.2) is 0 Å². The van der Waals surface area contributed by atoms with Gasteiger partial charge in [-0.3, -0.25) is 4.90 Å². The summed E-state index contributed by atoms with van der Waals surface area (Å²) in [5, 5.41) is 0. The fourth-order valence-corrected chi connectivity index (χ4v) is 3.02. The molecule has 0 aromatic carbocycles. The van der Waals surface area contributed by atoms with Crippen LogP contribution >= 0.6 is 0 Å². The first-order valence-corrected chi connectivity index (χ1v) is 6.81. The number of nitrogens with zero attached hydrogens (tertiary/aromatic N) is 2. The summed E-state index contributed by atoms with van der Waals surface area (Å²) in [5.74, 6) is 0. The topological polar surface area (TPSA) is 32.5 Å². The molecule has 0 radical (unpaired) electrons. The lowest BCUT2D eigenvalue weighted by atomic mass is 10.0. The maximum absolute atomic E-state index is 5.92. The second-order valence-electron chi connectivity index (χ2n) is 6.08. The van der Waals surface area contributed by atoms with Crippen molar-refractivity contribution >= 4 is 0 Å². The van der Waals surface area contributed by atoms with E-state index in [2.05, 4.69) is 23.6 Å². The highest BCUT2D eigenvalue weighted by Crippen LogP contribution is 2.27. The Labute approximate surface area is 100.0 Å². The van der Waals surface area contributed by atoms with Crippen LogP contribution in [0.25, 0.3) is 0 Å². The highest BCUT2D eigenvalue weighted by molar-refractivity contribution is 4.88. The van der Waals surface area contributed by atoms with E-state index >= 15 is 0 Å². The summed E-state index contributed by atoms with van der Waals surface area (Å²) < 4.78 is 0. The number of hydrogen-bond donors (Lipinski definition) is 1. The minimum atomic E-state index is 0.437. The summed E-state index contributed by atoms with van der Waals surface area (Å²) in [7, 11) is 0. The van der Waals surface area contributed by atoms with Crippen molar-refractivity contribution in [3.8, 4) is 0 Å². The van der Waals surface area contributed by atoms with E-state index < -0.39 is 0 Å². The molecule has 0 amide bonds. The van der Waals surface area contributed by atoms with E-state index in [9.17, 15) is 0 Å². The SMILES string of the molecule is CC1(C)CCCN1CCN1CCC(N)CC1. The first kappa shape index (κ1) is 12.3. The lowest BCUT2D eigenvalue weighted by Crippen LogP contribution is -2.46. The molecule has 16 heavy (non-hydrogen) atoms. The average molecular weight is 225 g/mol. The van der Waals surface area contributed by atoms with Gasteiger partial charge in [-0.25, -0.2) is 0 Å². The number of rotatable bonds is 3. The van der Waals surface area contributed by atoms with E-state index in [4.69, 9.17) is 5.73 Å². The summed E-state index contributed by atoms with van der Waals surface area (Å²) >= 11 is 0. The van der Waals surface area contributed by atoms with Crippen LogP contribution in [-0.4, -0.2) is 54.1 Å². The van der Waals surface area contributed by atoms with Crippen LogP contribution in [0.5, 0.6) is 0 Å². The Morgan fingerprint density at radius 2 is 1.81 bits per heavy atom. The third-order valence-corrected chi connectivity index (χ3v) is 4.39. The summed E-state index contributed by atoms with van der Waals surface area (Å²) in [4.78, 5) is 5.24. The van der Waals surface area contributed by atoms with Crippen LogP contribution in [0.15, 0.2) is 0 Å². The van der Waals surface area contributed by atoms with Gasteiger partial charge in [0, 0.05) is 24.7 Å². The normalized spacial score (nSPS) is 28.7. The molecule has 0 atom stereocenters. The van der Waals surface area contributed by atoms with E-state index in [1.807, 2.05) is 0 Å². The van der Waals surface area contributed by atoms with Crippen molar-refractivity contribution in [3.63, 3.8) is 0 Å². The zero-order valence-corrected chi connectivity index (χ0v) is 10.9. The Morgan fingerprint density at radius 1 is 1.12 bits per heavy atom. The van der Waals surface area contributed by atoms with Gasteiger partial charge in [0.2, 0.25) is 0 Å². The standard InChI is InChI=1S/C13H27N3/c1-13(2)6-3-7-16(13)11-10-15-8-4-12(14)5-9-15/h12H,3-11,14H2,1-2H3. The van der Waals surface area contributed by atoms with Crippen LogP contribution in [-0.2, 0) is 0 Å². The van der Waals surface area contributed by atoms with Gasteiger partial charge in [0.1, 0.15) is 0 Å². The van der Waals surface area contributed by atoms with Crippen molar-refractivity contribution in [2.45, 2.75) is 51.1 Å². The van der Waals surface area contributed by atoms with Gasteiger partial charge in [0.25, 0.3) is 0 Å². The number of piperidine rings is 1. The Balaban J connectivity index is 1.71. The second-order valence-corrected chi connectivity index (χ2v) is 6.08. The fourth-order valence-electron chi connectivity index (χ4n) is 3.02. The fraction of sp³-hybridized carbons (Fsp3) is 1.00. The van der Waals surface area contributed by atoms with Crippen LogP contribution in [0, 0.1) is 0 Å². The first-order valence-electron chi connectivity index (χ1n) is 6.81. The zero-order chi connectivity index (χ0) is 11.6. The Kier molecular flexibility index (Phi) is 3.88. The maximum Gasteiger partial charge on any atom is 0.0154 e. The first-order chi connectivity index (χ1) is 7.58. The van der Waals surface area contributed by atoms with Crippen LogP contribution < -0.4 is 5.73 Å².